The Bertz CT molecular complexity index is 332. The number of hydrogen-bond acceptors (Lipinski definition) is 3. The zero-order valence-corrected chi connectivity index (χ0v) is 7.79. The predicted molar refractivity (Wildman–Crippen MR) is 45.7 cm³/mol. The third-order valence-electron chi connectivity index (χ3n) is 2.11. The Hall–Kier alpha value is -1.24. The van der Waals surface area contributed by atoms with Gasteiger partial charge in [0.15, 0.2) is 12.4 Å². The van der Waals surface area contributed by atoms with Crippen molar-refractivity contribution in [2.24, 2.45) is 0 Å². The van der Waals surface area contributed by atoms with Crippen molar-refractivity contribution < 1.29 is 17.9 Å². The van der Waals surface area contributed by atoms with Gasteiger partial charge in [-0.05, 0) is 0 Å². The van der Waals surface area contributed by atoms with Crippen molar-refractivity contribution in [3.63, 3.8) is 0 Å². The molecule has 0 aliphatic carbocycles. The summed E-state index contributed by atoms with van der Waals surface area (Å²) < 4.78 is 41.6. The summed E-state index contributed by atoms with van der Waals surface area (Å²) in [5.74, 6) is 0.152. The fourth-order valence-electron chi connectivity index (χ4n) is 1.22. The van der Waals surface area contributed by atoms with E-state index in [1.54, 1.807) is 4.68 Å². The van der Waals surface area contributed by atoms with Gasteiger partial charge in [0.1, 0.15) is 0 Å². The minimum Gasteiger partial charge on any atom is -0.481 e. The maximum Gasteiger partial charge on any atom is 0.422 e. The summed E-state index contributed by atoms with van der Waals surface area (Å²) in [6, 6.07) is 0.230. The molecule has 0 spiro atoms. The van der Waals surface area contributed by atoms with E-state index in [9.17, 15) is 13.2 Å². The molecule has 0 aromatic carbocycles. The lowest BCUT2D eigenvalue weighted by molar-refractivity contribution is -0.153. The van der Waals surface area contributed by atoms with Crippen LogP contribution in [0.15, 0.2) is 12.4 Å². The first kappa shape index (κ1) is 10.3. The van der Waals surface area contributed by atoms with Crippen LogP contribution in [-0.4, -0.2) is 35.7 Å². The summed E-state index contributed by atoms with van der Waals surface area (Å²) in [5, 5.41) is 6.97. The Morgan fingerprint density at radius 1 is 1.53 bits per heavy atom. The number of halogens is 3. The van der Waals surface area contributed by atoms with Crippen LogP contribution < -0.4 is 10.1 Å². The molecular formula is C8H10F3N3O. The van der Waals surface area contributed by atoms with Gasteiger partial charge in [0.05, 0.1) is 18.4 Å². The maximum atomic E-state index is 11.8. The first-order valence-electron chi connectivity index (χ1n) is 4.49. The van der Waals surface area contributed by atoms with Gasteiger partial charge in [-0.1, -0.05) is 0 Å². The number of alkyl halides is 3. The summed E-state index contributed by atoms with van der Waals surface area (Å²) in [6.45, 7) is 0.308. The molecular weight excluding hydrogens is 211 g/mol. The second kappa shape index (κ2) is 3.73. The molecule has 1 aliphatic heterocycles. The number of hydrogen-bond donors (Lipinski definition) is 1. The van der Waals surface area contributed by atoms with Crippen LogP contribution >= 0.6 is 0 Å². The van der Waals surface area contributed by atoms with Crippen molar-refractivity contribution in [2.45, 2.75) is 12.2 Å². The first-order chi connectivity index (χ1) is 7.04. The SMILES string of the molecule is FC(F)(F)COc1cnn(C2CNC2)c1. The largest absolute Gasteiger partial charge is 0.481 e. The van der Waals surface area contributed by atoms with Crippen LogP contribution in [0.5, 0.6) is 5.75 Å². The topological polar surface area (TPSA) is 39.1 Å². The van der Waals surface area contributed by atoms with E-state index in [0.717, 1.165) is 13.1 Å². The fraction of sp³-hybridized carbons (Fsp3) is 0.625. The molecule has 0 saturated carbocycles. The monoisotopic (exact) mass is 221 g/mol. The Labute approximate surface area is 84.0 Å². The van der Waals surface area contributed by atoms with Crippen molar-refractivity contribution in [1.82, 2.24) is 15.1 Å². The van der Waals surface area contributed by atoms with Crippen LogP contribution in [-0.2, 0) is 0 Å². The lowest BCUT2D eigenvalue weighted by Gasteiger charge is -2.26. The van der Waals surface area contributed by atoms with Crippen molar-refractivity contribution in [1.29, 1.82) is 0 Å². The summed E-state index contributed by atoms with van der Waals surface area (Å²) in [7, 11) is 0. The highest BCUT2D eigenvalue weighted by Crippen LogP contribution is 2.19. The number of rotatable bonds is 3. The highest BCUT2D eigenvalue weighted by Gasteiger charge is 2.29. The van der Waals surface area contributed by atoms with E-state index in [-0.39, 0.29) is 11.8 Å². The molecule has 84 valence electrons. The molecule has 7 heteroatoms. The molecule has 0 atom stereocenters. The van der Waals surface area contributed by atoms with Crippen molar-refractivity contribution in [2.75, 3.05) is 19.7 Å². The number of aromatic nitrogens is 2. The Morgan fingerprint density at radius 3 is 2.80 bits per heavy atom. The highest BCUT2D eigenvalue weighted by molar-refractivity contribution is 5.12. The second-order valence-electron chi connectivity index (χ2n) is 3.37. The Kier molecular flexibility index (Phi) is 2.56. The number of ether oxygens (including phenoxy) is 1. The molecule has 2 rings (SSSR count). The summed E-state index contributed by atoms with van der Waals surface area (Å²) in [5.41, 5.74) is 0. The normalized spacial score (nSPS) is 17.5. The van der Waals surface area contributed by atoms with Gasteiger partial charge in [0, 0.05) is 13.1 Å². The van der Waals surface area contributed by atoms with Gasteiger partial charge in [-0.25, -0.2) is 0 Å². The van der Waals surface area contributed by atoms with Crippen LogP contribution in [0.25, 0.3) is 0 Å². The smallest absolute Gasteiger partial charge is 0.422 e. The van der Waals surface area contributed by atoms with E-state index in [1.165, 1.54) is 12.4 Å². The minimum atomic E-state index is -4.31. The molecule has 1 aromatic rings. The Balaban J connectivity index is 1.89. The van der Waals surface area contributed by atoms with E-state index in [4.69, 9.17) is 0 Å². The van der Waals surface area contributed by atoms with Crippen molar-refractivity contribution >= 4 is 0 Å². The van der Waals surface area contributed by atoms with E-state index in [0.29, 0.717) is 0 Å². The van der Waals surface area contributed by atoms with E-state index >= 15 is 0 Å². The molecule has 4 nitrogen and oxygen atoms in total. The van der Waals surface area contributed by atoms with Gasteiger partial charge >= 0.3 is 6.18 Å². The summed E-state index contributed by atoms with van der Waals surface area (Å²) >= 11 is 0. The third-order valence-corrected chi connectivity index (χ3v) is 2.11. The molecule has 1 saturated heterocycles. The van der Waals surface area contributed by atoms with Gasteiger partial charge in [-0.2, -0.15) is 18.3 Å². The molecule has 1 aromatic heterocycles. The second-order valence-corrected chi connectivity index (χ2v) is 3.37. The van der Waals surface area contributed by atoms with Crippen LogP contribution in [0.1, 0.15) is 6.04 Å². The van der Waals surface area contributed by atoms with E-state index in [2.05, 4.69) is 15.2 Å². The van der Waals surface area contributed by atoms with Crippen LogP contribution in [0.4, 0.5) is 13.2 Å². The summed E-state index contributed by atoms with van der Waals surface area (Å²) in [4.78, 5) is 0. The molecule has 1 fully saturated rings. The predicted octanol–water partition coefficient (Wildman–Crippen LogP) is 0.968. The molecule has 0 unspecified atom stereocenters. The molecule has 0 amide bonds. The van der Waals surface area contributed by atoms with E-state index in [1.807, 2.05) is 0 Å². The zero-order valence-electron chi connectivity index (χ0n) is 7.79. The average Bonchev–Trinajstić information content (AvgIpc) is 2.45. The molecule has 2 heterocycles. The third kappa shape index (κ3) is 2.62. The van der Waals surface area contributed by atoms with E-state index < -0.39 is 12.8 Å². The van der Waals surface area contributed by atoms with Crippen LogP contribution in [0, 0.1) is 0 Å². The van der Waals surface area contributed by atoms with Gasteiger partial charge in [0.25, 0.3) is 0 Å². The van der Waals surface area contributed by atoms with Gasteiger partial charge in [-0.3, -0.25) is 4.68 Å². The van der Waals surface area contributed by atoms with Gasteiger partial charge < -0.3 is 10.1 Å². The van der Waals surface area contributed by atoms with Crippen molar-refractivity contribution in [3.8, 4) is 5.75 Å². The number of nitrogens with zero attached hydrogens (tertiary/aromatic N) is 2. The molecule has 0 radical (unpaired) electrons. The Morgan fingerprint density at radius 2 is 2.27 bits per heavy atom. The highest BCUT2D eigenvalue weighted by atomic mass is 19.4. The molecule has 15 heavy (non-hydrogen) atoms. The molecule has 1 aliphatic rings. The first-order valence-corrected chi connectivity index (χ1v) is 4.49. The van der Waals surface area contributed by atoms with Crippen LogP contribution in [0.2, 0.25) is 0 Å². The minimum absolute atomic E-state index is 0.152. The lowest BCUT2D eigenvalue weighted by Crippen LogP contribution is -2.43. The van der Waals surface area contributed by atoms with Gasteiger partial charge in [0.2, 0.25) is 0 Å². The maximum absolute atomic E-state index is 11.8. The standard InChI is InChI=1S/C8H10F3N3O/c9-8(10,11)5-15-7-3-13-14(4-7)6-1-12-2-6/h3-4,6,12H,1-2,5H2. The molecule has 0 bridgehead atoms. The van der Waals surface area contributed by atoms with Crippen LogP contribution in [0.3, 0.4) is 0 Å². The average molecular weight is 221 g/mol. The summed E-state index contributed by atoms with van der Waals surface area (Å²) in [6.07, 6.45) is -1.53. The van der Waals surface area contributed by atoms with Gasteiger partial charge in [-0.15, -0.1) is 0 Å². The zero-order chi connectivity index (χ0) is 10.9. The lowest BCUT2D eigenvalue weighted by atomic mass is 10.2. The number of nitrogens with one attached hydrogen (secondary N) is 1. The van der Waals surface area contributed by atoms with Crippen molar-refractivity contribution in [3.05, 3.63) is 12.4 Å². The molecule has 1 N–H and O–H groups in total. The quantitative estimate of drug-likeness (QED) is 0.826. The fourth-order valence-corrected chi connectivity index (χ4v) is 1.22.